The van der Waals surface area contributed by atoms with E-state index in [4.69, 9.17) is 0 Å². The molecule has 1 aliphatic carbocycles. The van der Waals surface area contributed by atoms with Gasteiger partial charge in [0.1, 0.15) is 0 Å². The van der Waals surface area contributed by atoms with Gasteiger partial charge >= 0.3 is 0 Å². The second-order valence-corrected chi connectivity index (χ2v) is 7.43. The van der Waals surface area contributed by atoms with E-state index in [2.05, 4.69) is 59.5 Å². The van der Waals surface area contributed by atoms with Crippen molar-refractivity contribution in [3.63, 3.8) is 0 Å². The van der Waals surface area contributed by atoms with Crippen molar-refractivity contribution in [1.29, 1.82) is 0 Å². The van der Waals surface area contributed by atoms with Gasteiger partial charge in [-0.25, -0.2) is 0 Å². The van der Waals surface area contributed by atoms with E-state index in [0.717, 1.165) is 44.3 Å². The van der Waals surface area contributed by atoms with Gasteiger partial charge in [-0.3, -0.25) is 4.79 Å². The van der Waals surface area contributed by atoms with Crippen molar-refractivity contribution >= 4 is 17.9 Å². The summed E-state index contributed by atoms with van der Waals surface area (Å²) in [5.41, 5.74) is 6.59. The van der Waals surface area contributed by atoms with Crippen LogP contribution in [0.3, 0.4) is 0 Å². The van der Waals surface area contributed by atoms with Gasteiger partial charge in [0.15, 0.2) is 5.78 Å². The Morgan fingerprint density at radius 1 is 1.26 bits per heavy atom. The number of aryl methyl sites for hydroxylation is 1. The zero-order chi connectivity index (χ0) is 19.1. The number of nitrogens with zero attached hydrogens (tertiary/aromatic N) is 1. The summed E-state index contributed by atoms with van der Waals surface area (Å²) in [6, 6.07) is 8.49. The number of likely N-dealkylation sites (N-methyl/N-ethyl adjacent to an activating group) is 1. The number of ketones is 1. The zero-order valence-electron chi connectivity index (χ0n) is 16.5. The molecule has 1 N–H and O–H groups in total. The number of hydrogen-bond acceptors (Lipinski definition) is 2. The molecule has 0 amide bonds. The van der Waals surface area contributed by atoms with Gasteiger partial charge in [-0.2, -0.15) is 0 Å². The van der Waals surface area contributed by atoms with Gasteiger partial charge in [0, 0.05) is 31.4 Å². The molecule has 0 bridgehead atoms. The van der Waals surface area contributed by atoms with E-state index in [0.29, 0.717) is 6.42 Å². The lowest BCUT2D eigenvalue weighted by molar-refractivity contribution is -0.114. The number of aromatic nitrogens is 1. The molecular weight excluding hydrogens is 332 g/mol. The molecule has 1 heterocycles. The van der Waals surface area contributed by atoms with Crippen molar-refractivity contribution in [2.45, 2.75) is 45.6 Å². The highest BCUT2D eigenvalue weighted by atomic mass is 16.1. The number of carbonyl (C=O) groups excluding carboxylic acids is 1. The second-order valence-electron chi connectivity index (χ2n) is 7.43. The zero-order valence-corrected chi connectivity index (χ0v) is 16.5. The third kappa shape index (κ3) is 5.54. The molecule has 0 fully saturated rings. The highest BCUT2D eigenvalue weighted by Crippen LogP contribution is 2.22. The van der Waals surface area contributed by atoms with Crippen LogP contribution in [0.5, 0.6) is 0 Å². The first-order valence-electron chi connectivity index (χ1n) is 9.99. The minimum absolute atomic E-state index is 0.197. The molecule has 1 aliphatic rings. The third-order valence-electron chi connectivity index (χ3n) is 5.09. The third-order valence-corrected chi connectivity index (χ3v) is 5.09. The van der Waals surface area contributed by atoms with Crippen molar-refractivity contribution in [3.8, 4) is 0 Å². The molecule has 0 radical (unpaired) electrons. The van der Waals surface area contributed by atoms with Crippen molar-refractivity contribution in [2.24, 2.45) is 0 Å². The Kier molecular flexibility index (Phi) is 6.83. The van der Waals surface area contributed by atoms with E-state index in [-0.39, 0.29) is 5.78 Å². The largest absolute Gasteiger partial charge is 0.364 e. The van der Waals surface area contributed by atoms with Crippen molar-refractivity contribution in [2.75, 3.05) is 13.6 Å². The van der Waals surface area contributed by atoms with E-state index in [1.54, 1.807) is 6.08 Å². The van der Waals surface area contributed by atoms with Gasteiger partial charge in [-0.15, -0.1) is 0 Å². The number of hydrogen-bond donors (Lipinski definition) is 1. The molecule has 0 saturated carbocycles. The van der Waals surface area contributed by atoms with E-state index >= 15 is 0 Å². The molecule has 0 atom stereocenters. The first-order valence-corrected chi connectivity index (χ1v) is 9.99. The molecule has 0 spiro atoms. The van der Waals surface area contributed by atoms with E-state index in [9.17, 15) is 4.79 Å². The predicted octanol–water partition coefficient (Wildman–Crippen LogP) is 5.03. The Bertz CT molecular complexity index is 811. The lowest BCUT2D eigenvalue weighted by Gasteiger charge is -2.17. The van der Waals surface area contributed by atoms with Gasteiger partial charge in [0.05, 0.1) is 0 Å². The van der Waals surface area contributed by atoms with Crippen LogP contribution in [-0.4, -0.2) is 29.3 Å². The van der Waals surface area contributed by atoms with E-state index < -0.39 is 0 Å². The van der Waals surface area contributed by atoms with Crippen LogP contribution in [0.4, 0.5) is 0 Å². The van der Waals surface area contributed by atoms with E-state index in [1.807, 2.05) is 13.0 Å². The van der Waals surface area contributed by atoms with Crippen LogP contribution in [0.2, 0.25) is 0 Å². The summed E-state index contributed by atoms with van der Waals surface area (Å²) in [4.78, 5) is 17.4. The fourth-order valence-corrected chi connectivity index (χ4v) is 3.53. The summed E-state index contributed by atoms with van der Waals surface area (Å²) in [7, 11) is 2.17. The first-order chi connectivity index (χ1) is 13.2. The van der Waals surface area contributed by atoms with Gasteiger partial charge < -0.3 is 9.88 Å². The Balaban J connectivity index is 1.49. The summed E-state index contributed by atoms with van der Waals surface area (Å²) in [5, 5.41) is 0. The highest BCUT2D eigenvalue weighted by molar-refractivity contribution is 5.93. The molecule has 3 heteroatoms. The first kappa shape index (κ1) is 19.4. The number of nitrogens with one attached hydrogen (secondary N) is 1. The Morgan fingerprint density at radius 3 is 2.85 bits per heavy atom. The number of H-pyrrole nitrogens is 1. The molecule has 1 aromatic carbocycles. The van der Waals surface area contributed by atoms with Gasteiger partial charge in [0.2, 0.25) is 0 Å². The summed E-state index contributed by atoms with van der Waals surface area (Å²) in [6.45, 7) is 3.99. The Labute approximate surface area is 162 Å². The standard InChI is InChI=1S/C24H30N2O/c1-3-6-22(27)14-13-19-9-11-20(12-10-19)18-26(2)16-15-21-17-25-24-8-5-4-7-23(21)24/h4,7,9-14,17,25H,3,5-6,8,15-16,18H2,1-2H3/b14-13+. The second kappa shape index (κ2) is 9.52. The van der Waals surface area contributed by atoms with E-state index in [1.165, 1.54) is 22.4 Å². The minimum atomic E-state index is 0.197. The lowest BCUT2D eigenvalue weighted by Crippen LogP contribution is -2.20. The molecule has 27 heavy (non-hydrogen) atoms. The smallest absolute Gasteiger partial charge is 0.155 e. The summed E-state index contributed by atoms with van der Waals surface area (Å²) < 4.78 is 0. The van der Waals surface area contributed by atoms with Crippen molar-refractivity contribution in [3.05, 3.63) is 70.6 Å². The fourth-order valence-electron chi connectivity index (χ4n) is 3.53. The molecule has 0 saturated heterocycles. The predicted molar refractivity (Wildman–Crippen MR) is 114 cm³/mol. The van der Waals surface area contributed by atoms with Gasteiger partial charge in [-0.1, -0.05) is 49.4 Å². The maximum absolute atomic E-state index is 11.6. The van der Waals surface area contributed by atoms with Crippen LogP contribution >= 0.6 is 0 Å². The number of carbonyl (C=O) groups is 1. The summed E-state index contributed by atoms with van der Waals surface area (Å²) in [6.07, 6.45) is 15.2. The van der Waals surface area contributed by atoms with Crippen LogP contribution in [0.15, 0.2) is 42.6 Å². The van der Waals surface area contributed by atoms with Crippen LogP contribution in [0, 0.1) is 0 Å². The van der Waals surface area contributed by atoms with Gasteiger partial charge in [0.25, 0.3) is 0 Å². The summed E-state index contributed by atoms with van der Waals surface area (Å²) in [5.74, 6) is 0.197. The molecule has 3 rings (SSSR count). The molecule has 0 aliphatic heterocycles. The van der Waals surface area contributed by atoms with Crippen LogP contribution in [0.25, 0.3) is 12.2 Å². The topological polar surface area (TPSA) is 36.1 Å². The normalized spacial score (nSPS) is 13.4. The lowest BCUT2D eigenvalue weighted by atomic mass is 10.0. The highest BCUT2D eigenvalue weighted by Gasteiger charge is 2.11. The molecule has 2 aromatic rings. The van der Waals surface area contributed by atoms with Crippen LogP contribution in [0.1, 0.15) is 54.1 Å². The SMILES string of the molecule is CCCC(=O)/C=C/c1ccc(CN(C)CCc2c[nH]c3c2C=CCC3)cc1. The molecule has 0 unspecified atom stereocenters. The average Bonchev–Trinajstić information content (AvgIpc) is 3.09. The summed E-state index contributed by atoms with van der Waals surface area (Å²) >= 11 is 0. The number of benzene rings is 1. The monoisotopic (exact) mass is 362 g/mol. The molecule has 142 valence electrons. The number of aromatic amines is 1. The van der Waals surface area contributed by atoms with Crippen molar-refractivity contribution in [1.82, 2.24) is 9.88 Å². The maximum Gasteiger partial charge on any atom is 0.155 e. The van der Waals surface area contributed by atoms with Crippen molar-refractivity contribution < 1.29 is 4.79 Å². The quantitative estimate of drug-likeness (QED) is 0.635. The number of rotatable bonds is 9. The fraction of sp³-hybridized carbons (Fsp3) is 0.375. The molecule has 3 nitrogen and oxygen atoms in total. The van der Waals surface area contributed by atoms with Crippen LogP contribution < -0.4 is 0 Å². The van der Waals surface area contributed by atoms with Crippen LogP contribution in [-0.2, 0) is 24.2 Å². The Morgan fingerprint density at radius 2 is 2.07 bits per heavy atom. The Hall–Kier alpha value is -2.39. The minimum Gasteiger partial charge on any atom is -0.364 e. The average molecular weight is 363 g/mol. The molecular formula is C24H30N2O. The number of allylic oxidation sites excluding steroid dienone is 2. The number of fused-ring (bicyclic) bond motifs is 1. The molecule has 1 aromatic heterocycles. The van der Waals surface area contributed by atoms with Gasteiger partial charge in [-0.05, 0) is 61.1 Å². The maximum atomic E-state index is 11.6.